The number of benzene rings is 1. The minimum atomic E-state index is -0.508. The van der Waals surface area contributed by atoms with Crippen LogP contribution in [0.4, 0.5) is 0 Å². The van der Waals surface area contributed by atoms with E-state index in [4.69, 9.17) is 4.99 Å². The Morgan fingerprint density at radius 1 is 1.08 bits per heavy atom. The van der Waals surface area contributed by atoms with E-state index in [1.165, 1.54) is 19.3 Å². The Labute approximate surface area is 154 Å². The quantitative estimate of drug-likeness (QED) is 0.904. The maximum Gasteiger partial charge on any atom is 0.275 e. The molecule has 0 aromatic heterocycles. The number of hydrogen-bond donors (Lipinski definition) is 1. The summed E-state index contributed by atoms with van der Waals surface area (Å²) in [5.41, 5.74) is 0.850. The van der Waals surface area contributed by atoms with E-state index in [9.17, 15) is 9.59 Å². The van der Waals surface area contributed by atoms with Crippen LogP contribution in [-0.4, -0.2) is 40.7 Å². The van der Waals surface area contributed by atoms with Gasteiger partial charge in [0.05, 0.1) is 0 Å². The highest BCUT2D eigenvalue weighted by Gasteiger charge is 2.49. The molecule has 5 nitrogen and oxygen atoms in total. The normalized spacial score (nSPS) is 22.7. The number of aliphatic imine (C=N–C) groups is 1. The van der Waals surface area contributed by atoms with Crippen LogP contribution >= 0.6 is 0 Å². The SMILES string of the molecule is O=C(CN1C(=O)C(c2ccccc2)=NC12CCCC2)NC1CCCCC1. The topological polar surface area (TPSA) is 61.8 Å². The Bertz CT molecular complexity index is 701. The number of nitrogens with one attached hydrogen (secondary N) is 1. The van der Waals surface area contributed by atoms with Crippen LogP contribution in [0.3, 0.4) is 0 Å². The molecule has 0 atom stereocenters. The molecule has 1 heterocycles. The standard InChI is InChI=1S/C21H27N3O2/c25-18(22-17-11-5-2-6-12-17)15-24-20(26)19(16-9-3-1-4-10-16)23-21(24)13-7-8-14-21/h1,3-4,9-10,17H,2,5-8,11-15H2,(H,22,25). The predicted octanol–water partition coefficient (Wildman–Crippen LogP) is 3.04. The molecule has 0 radical (unpaired) electrons. The van der Waals surface area contributed by atoms with Gasteiger partial charge in [0, 0.05) is 11.6 Å². The molecule has 0 bridgehead atoms. The second-order valence-electron chi connectivity index (χ2n) is 7.81. The summed E-state index contributed by atoms with van der Waals surface area (Å²) in [6.45, 7) is 0.120. The maximum atomic E-state index is 13.1. The zero-order valence-electron chi connectivity index (χ0n) is 15.2. The molecular formula is C21H27N3O2. The summed E-state index contributed by atoms with van der Waals surface area (Å²) in [6.07, 6.45) is 9.54. The lowest BCUT2D eigenvalue weighted by atomic mass is 9.95. The molecule has 1 aliphatic heterocycles. The van der Waals surface area contributed by atoms with Crippen LogP contribution in [0.5, 0.6) is 0 Å². The van der Waals surface area contributed by atoms with Crippen LogP contribution in [0, 0.1) is 0 Å². The number of amides is 2. The molecule has 1 aromatic carbocycles. The van der Waals surface area contributed by atoms with Gasteiger partial charge in [-0.3, -0.25) is 14.6 Å². The van der Waals surface area contributed by atoms with Crippen molar-refractivity contribution in [1.82, 2.24) is 10.2 Å². The molecule has 5 heteroatoms. The number of hydrogen-bond acceptors (Lipinski definition) is 3. The Hall–Kier alpha value is -2.17. The first-order chi connectivity index (χ1) is 12.7. The first-order valence-corrected chi connectivity index (χ1v) is 9.95. The van der Waals surface area contributed by atoms with Gasteiger partial charge in [-0.2, -0.15) is 0 Å². The fourth-order valence-electron chi connectivity index (χ4n) is 4.62. The van der Waals surface area contributed by atoms with Crippen LogP contribution in [-0.2, 0) is 9.59 Å². The van der Waals surface area contributed by atoms with Crippen molar-refractivity contribution in [3.05, 3.63) is 35.9 Å². The van der Waals surface area contributed by atoms with Gasteiger partial charge in [0.25, 0.3) is 5.91 Å². The predicted molar refractivity (Wildman–Crippen MR) is 101 cm³/mol. The molecule has 2 fully saturated rings. The van der Waals surface area contributed by atoms with E-state index in [2.05, 4.69) is 5.32 Å². The van der Waals surface area contributed by atoms with E-state index in [1.54, 1.807) is 4.90 Å². The van der Waals surface area contributed by atoms with E-state index in [-0.39, 0.29) is 24.4 Å². The van der Waals surface area contributed by atoms with Crippen molar-refractivity contribution in [2.24, 2.45) is 4.99 Å². The summed E-state index contributed by atoms with van der Waals surface area (Å²) < 4.78 is 0. The van der Waals surface area contributed by atoms with Gasteiger partial charge in [-0.1, -0.05) is 49.6 Å². The highest BCUT2D eigenvalue weighted by molar-refractivity contribution is 6.47. The molecule has 2 aliphatic carbocycles. The number of nitrogens with zero attached hydrogens (tertiary/aromatic N) is 2. The third kappa shape index (κ3) is 3.27. The molecule has 0 unspecified atom stereocenters. The second-order valence-corrected chi connectivity index (χ2v) is 7.81. The van der Waals surface area contributed by atoms with E-state index < -0.39 is 5.66 Å². The van der Waals surface area contributed by atoms with Crippen LogP contribution in [0.2, 0.25) is 0 Å². The molecule has 138 valence electrons. The highest BCUT2D eigenvalue weighted by Crippen LogP contribution is 2.40. The molecule has 3 aliphatic rings. The highest BCUT2D eigenvalue weighted by atomic mass is 16.2. The summed E-state index contributed by atoms with van der Waals surface area (Å²) in [7, 11) is 0. The first kappa shape index (κ1) is 17.3. The van der Waals surface area contributed by atoms with Crippen molar-refractivity contribution >= 4 is 17.5 Å². The van der Waals surface area contributed by atoms with E-state index in [0.717, 1.165) is 44.1 Å². The van der Waals surface area contributed by atoms with Gasteiger partial charge < -0.3 is 10.2 Å². The van der Waals surface area contributed by atoms with Gasteiger partial charge in [-0.05, 0) is 38.5 Å². The summed E-state index contributed by atoms with van der Waals surface area (Å²) in [6, 6.07) is 9.89. The van der Waals surface area contributed by atoms with Crippen LogP contribution in [0.1, 0.15) is 63.4 Å². The van der Waals surface area contributed by atoms with Gasteiger partial charge in [-0.15, -0.1) is 0 Å². The third-order valence-corrected chi connectivity index (χ3v) is 5.99. The maximum absolute atomic E-state index is 13.1. The Balaban J connectivity index is 1.51. The van der Waals surface area contributed by atoms with Gasteiger partial charge >= 0.3 is 0 Å². The molecule has 2 saturated carbocycles. The Morgan fingerprint density at radius 3 is 2.46 bits per heavy atom. The molecule has 1 spiro atoms. The van der Waals surface area contributed by atoms with Crippen LogP contribution in [0.15, 0.2) is 35.3 Å². The molecule has 1 aromatic rings. The molecule has 4 rings (SSSR count). The fourth-order valence-corrected chi connectivity index (χ4v) is 4.62. The minimum absolute atomic E-state index is 0.0407. The van der Waals surface area contributed by atoms with Gasteiger partial charge in [0.2, 0.25) is 5.91 Å². The van der Waals surface area contributed by atoms with Crippen molar-refractivity contribution in [3.63, 3.8) is 0 Å². The largest absolute Gasteiger partial charge is 0.352 e. The average Bonchev–Trinajstić information content (AvgIpc) is 3.24. The van der Waals surface area contributed by atoms with Crippen molar-refractivity contribution in [2.45, 2.75) is 69.5 Å². The summed E-state index contributed by atoms with van der Waals surface area (Å²) in [5, 5.41) is 3.14. The lowest BCUT2D eigenvalue weighted by Gasteiger charge is -2.33. The van der Waals surface area contributed by atoms with Crippen LogP contribution in [0.25, 0.3) is 0 Å². The van der Waals surface area contributed by atoms with Crippen molar-refractivity contribution in [2.75, 3.05) is 6.54 Å². The van der Waals surface area contributed by atoms with Gasteiger partial charge in [0.1, 0.15) is 17.9 Å². The zero-order valence-corrected chi connectivity index (χ0v) is 15.2. The number of carbonyl (C=O) groups is 2. The van der Waals surface area contributed by atoms with Crippen molar-refractivity contribution in [3.8, 4) is 0 Å². The van der Waals surface area contributed by atoms with Gasteiger partial charge in [0.15, 0.2) is 0 Å². The van der Waals surface area contributed by atoms with Crippen molar-refractivity contribution < 1.29 is 9.59 Å². The smallest absolute Gasteiger partial charge is 0.275 e. The molecule has 26 heavy (non-hydrogen) atoms. The van der Waals surface area contributed by atoms with E-state index >= 15 is 0 Å². The summed E-state index contributed by atoms with van der Waals surface area (Å²) in [4.78, 5) is 32.4. The number of rotatable bonds is 4. The Kier molecular flexibility index (Phi) is 4.79. The third-order valence-electron chi connectivity index (χ3n) is 5.99. The zero-order chi connectivity index (χ0) is 18.0. The minimum Gasteiger partial charge on any atom is -0.352 e. The molecule has 1 N–H and O–H groups in total. The average molecular weight is 353 g/mol. The molecular weight excluding hydrogens is 326 g/mol. The summed E-state index contributed by atoms with van der Waals surface area (Å²) >= 11 is 0. The summed E-state index contributed by atoms with van der Waals surface area (Å²) in [5.74, 6) is -0.141. The fraction of sp³-hybridized carbons (Fsp3) is 0.571. The molecule has 2 amide bonds. The van der Waals surface area contributed by atoms with E-state index in [1.807, 2.05) is 30.3 Å². The lowest BCUT2D eigenvalue weighted by molar-refractivity contribution is -0.135. The number of carbonyl (C=O) groups excluding carboxylic acids is 2. The van der Waals surface area contributed by atoms with Crippen molar-refractivity contribution in [1.29, 1.82) is 0 Å². The second kappa shape index (κ2) is 7.22. The monoisotopic (exact) mass is 353 g/mol. The Morgan fingerprint density at radius 2 is 1.77 bits per heavy atom. The molecule has 0 saturated heterocycles. The van der Waals surface area contributed by atoms with Crippen LogP contribution < -0.4 is 5.32 Å². The van der Waals surface area contributed by atoms with E-state index in [0.29, 0.717) is 5.71 Å². The first-order valence-electron chi connectivity index (χ1n) is 9.95. The van der Waals surface area contributed by atoms with Gasteiger partial charge in [-0.25, -0.2) is 0 Å². The lowest BCUT2D eigenvalue weighted by Crippen LogP contribution is -2.51.